The third-order valence-corrected chi connectivity index (χ3v) is 4.18. The predicted molar refractivity (Wildman–Crippen MR) is 90.5 cm³/mol. The molecule has 23 heavy (non-hydrogen) atoms. The third-order valence-electron chi connectivity index (χ3n) is 3.59. The second-order valence-corrected chi connectivity index (χ2v) is 6.24. The van der Waals surface area contributed by atoms with E-state index in [1.165, 1.54) is 0 Å². The maximum absolute atomic E-state index is 11.2. The van der Waals surface area contributed by atoms with E-state index < -0.39 is 5.97 Å². The number of carboxylic acid groups (broad SMARTS) is 1. The summed E-state index contributed by atoms with van der Waals surface area (Å²) in [5.41, 5.74) is 2.50. The van der Waals surface area contributed by atoms with E-state index in [2.05, 4.69) is 21.0 Å². The van der Waals surface area contributed by atoms with E-state index in [9.17, 15) is 4.79 Å². The molecule has 0 radical (unpaired) electrons. The molecule has 0 atom stereocenters. The number of hydrogen-bond donors (Lipinski definition) is 1. The molecule has 0 aliphatic carbocycles. The fourth-order valence-corrected chi connectivity index (χ4v) is 3.20. The zero-order chi connectivity index (χ0) is 17.3. The molecule has 6 nitrogen and oxygen atoms in total. The van der Waals surface area contributed by atoms with Crippen molar-refractivity contribution < 1.29 is 19.4 Å². The van der Waals surface area contributed by atoms with Crippen LogP contribution in [-0.4, -0.2) is 35.1 Å². The molecule has 0 fully saturated rings. The second kappa shape index (κ2) is 6.62. The number of hydrogen-bond acceptors (Lipinski definition) is 4. The Morgan fingerprint density at radius 2 is 1.87 bits per heavy atom. The van der Waals surface area contributed by atoms with E-state index in [-0.39, 0.29) is 11.6 Å². The molecule has 2 rings (SSSR count). The second-order valence-electron chi connectivity index (χ2n) is 5.38. The Hall–Kier alpha value is -2.02. The minimum atomic E-state index is -1.06. The Kier molecular flexibility index (Phi) is 4.99. The van der Waals surface area contributed by atoms with Crippen molar-refractivity contribution in [3.05, 3.63) is 27.9 Å². The molecule has 1 aromatic carbocycles. The molecule has 0 bridgehead atoms. The lowest BCUT2D eigenvalue weighted by atomic mass is 9.93. The summed E-state index contributed by atoms with van der Waals surface area (Å²) in [6.45, 7) is 4.09. The van der Waals surface area contributed by atoms with Gasteiger partial charge in [-0.2, -0.15) is 5.10 Å². The maximum atomic E-state index is 11.2. The van der Waals surface area contributed by atoms with Crippen molar-refractivity contribution in [3.8, 4) is 22.8 Å². The van der Waals surface area contributed by atoms with Crippen molar-refractivity contribution in [2.24, 2.45) is 7.05 Å². The molecule has 1 heterocycles. The van der Waals surface area contributed by atoms with Crippen LogP contribution < -0.4 is 9.47 Å². The summed E-state index contributed by atoms with van der Waals surface area (Å²) in [6, 6.07) is 3.46. The summed E-state index contributed by atoms with van der Waals surface area (Å²) in [6.07, 6.45) is 0. The molecular weight excluding hydrogens is 364 g/mol. The largest absolute Gasteiger partial charge is 0.492 e. The lowest BCUT2D eigenvalue weighted by molar-refractivity contribution is 0.0689. The van der Waals surface area contributed by atoms with Gasteiger partial charge in [-0.15, -0.1) is 0 Å². The van der Waals surface area contributed by atoms with Gasteiger partial charge in [0.15, 0.2) is 17.2 Å². The number of rotatable bonds is 5. The molecule has 0 saturated carbocycles. The van der Waals surface area contributed by atoms with Gasteiger partial charge in [-0.05, 0) is 34.0 Å². The van der Waals surface area contributed by atoms with Gasteiger partial charge in [0.25, 0.3) is 0 Å². The van der Waals surface area contributed by atoms with Gasteiger partial charge in [0.2, 0.25) is 0 Å². The smallest absolute Gasteiger partial charge is 0.356 e. The van der Waals surface area contributed by atoms with Crippen molar-refractivity contribution in [2.75, 3.05) is 14.2 Å². The Bertz CT molecular complexity index is 753. The number of aromatic nitrogens is 2. The molecule has 0 spiro atoms. The topological polar surface area (TPSA) is 73.6 Å². The van der Waals surface area contributed by atoms with Crippen molar-refractivity contribution >= 4 is 21.9 Å². The van der Waals surface area contributed by atoms with Crippen LogP contribution in [0.1, 0.15) is 35.8 Å². The fourth-order valence-electron chi connectivity index (χ4n) is 2.62. The minimum absolute atomic E-state index is 0.00288. The highest BCUT2D eigenvalue weighted by atomic mass is 79.9. The first kappa shape index (κ1) is 17.3. The van der Waals surface area contributed by atoms with Crippen LogP contribution in [0.5, 0.6) is 11.5 Å². The van der Waals surface area contributed by atoms with Gasteiger partial charge in [-0.1, -0.05) is 13.8 Å². The SMILES string of the molecule is COc1c(Br)cc(-c2cc(C(=O)O)nn2C)c(C(C)C)c1OC. The van der Waals surface area contributed by atoms with Crippen LogP contribution in [0.15, 0.2) is 16.6 Å². The van der Waals surface area contributed by atoms with Crippen LogP contribution in [0.4, 0.5) is 0 Å². The minimum Gasteiger partial charge on any atom is -0.492 e. The van der Waals surface area contributed by atoms with Gasteiger partial charge >= 0.3 is 5.97 Å². The number of nitrogens with zero attached hydrogens (tertiary/aromatic N) is 2. The van der Waals surface area contributed by atoms with Crippen LogP contribution in [0.2, 0.25) is 0 Å². The average Bonchev–Trinajstić information content (AvgIpc) is 2.87. The van der Waals surface area contributed by atoms with Crippen molar-refractivity contribution in [1.82, 2.24) is 9.78 Å². The van der Waals surface area contributed by atoms with Crippen molar-refractivity contribution in [2.45, 2.75) is 19.8 Å². The number of aryl methyl sites for hydroxylation is 1. The highest BCUT2D eigenvalue weighted by molar-refractivity contribution is 9.10. The first-order chi connectivity index (χ1) is 10.8. The molecule has 1 aromatic heterocycles. The van der Waals surface area contributed by atoms with E-state index in [1.54, 1.807) is 32.0 Å². The number of methoxy groups -OCH3 is 2. The molecule has 0 saturated heterocycles. The van der Waals surface area contributed by atoms with Crippen molar-refractivity contribution in [1.29, 1.82) is 0 Å². The number of aromatic carboxylic acids is 1. The van der Waals surface area contributed by atoms with Crippen LogP contribution in [0.25, 0.3) is 11.3 Å². The lowest BCUT2D eigenvalue weighted by Gasteiger charge is -2.21. The molecule has 124 valence electrons. The first-order valence-corrected chi connectivity index (χ1v) is 7.83. The summed E-state index contributed by atoms with van der Waals surface area (Å²) in [5.74, 6) is 0.327. The maximum Gasteiger partial charge on any atom is 0.356 e. The molecule has 1 N–H and O–H groups in total. The van der Waals surface area contributed by atoms with Gasteiger partial charge in [0.05, 0.1) is 24.4 Å². The van der Waals surface area contributed by atoms with Gasteiger partial charge in [0, 0.05) is 18.2 Å². The van der Waals surface area contributed by atoms with Crippen molar-refractivity contribution in [3.63, 3.8) is 0 Å². The van der Waals surface area contributed by atoms with Crippen LogP contribution in [0, 0.1) is 0 Å². The molecule has 0 unspecified atom stereocenters. The van der Waals surface area contributed by atoms with Gasteiger partial charge in [-0.3, -0.25) is 4.68 Å². The quantitative estimate of drug-likeness (QED) is 0.853. The van der Waals surface area contributed by atoms with E-state index in [1.807, 2.05) is 19.9 Å². The normalized spacial score (nSPS) is 10.9. The highest BCUT2D eigenvalue weighted by Crippen LogP contribution is 2.46. The lowest BCUT2D eigenvalue weighted by Crippen LogP contribution is -2.04. The summed E-state index contributed by atoms with van der Waals surface area (Å²) < 4.78 is 13.3. The Morgan fingerprint density at radius 1 is 1.26 bits per heavy atom. The van der Waals surface area contributed by atoms with E-state index >= 15 is 0 Å². The Labute approximate surface area is 143 Å². The fraction of sp³-hybridized carbons (Fsp3) is 0.375. The number of ether oxygens (including phenoxy) is 2. The average molecular weight is 383 g/mol. The number of benzene rings is 1. The van der Waals surface area contributed by atoms with Gasteiger partial charge < -0.3 is 14.6 Å². The standard InChI is InChI=1S/C16H19BrN2O4/c1-8(2)13-9(6-10(17)14(22-4)15(13)23-5)12-7-11(16(20)21)18-19(12)3/h6-8H,1-5H3,(H,20,21). The van der Waals surface area contributed by atoms with Crippen LogP contribution >= 0.6 is 15.9 Å². The molecule has 0 aliphatic rings. The Morgan fingerprint density at radius 3 is 2.30 bits per heavy atom. The van der Waals surface area contributed by atoms with Crippen LogP contribution in [-0.2, 0) is 7.05 Å². The molecular formula is C16H19BrN2O4. The predicted octanol–water partition coefficient (Wildman–Crippen LogP) is 3.69. The van der Waals surface area contributed by atoms with E-state index in [0.717, 1.165) is 15.6 Å². The Balaban J connectivity index is 2.81. The zero-order valence-corrected chi connectivity index (χ0v) is 15.3. The first-order valence-electron chi connectivity index (χ1n) is 7.03. The summed E-state index contributed by atoms with van der Waals surface area (Å²) >= 11 is 3.49. The number of carboxylic acids is 1. The van der Waals surface area contributed by atoms with Gasteiger partial charge in [-0.25, -0.2) is 4.79 Å². The monoisotopic (exact) mass is 382 g/mol. The molecule has 0 amide bonds. The summed E-state index contributed by atoms with van der Waals surface area (Å²) in [5, 5.41) is 13.2. The number of carbonyl (C=O) groups is 1. The van der Waals surface area contributed by atoms with Gasteiger partial charge in [0.1, 0.15) is 0 Å². The highest BCUT2D eigenvalue weighted by Gasteiger charge is 2.24. The van der Waals surface area contributed by atoms with Crippen LogP contribution in [0.3, 0.4) is 0 Å². The molecule has 7 heteroatoms. The summed E-state index contributed by atoms with van der Waals surface area (Å²) in [7, 11) is 4.89. The number of halogens is 1. The third kappa shape index (κ3) is 3.06. The zero-order valence-electron chi connectivity index (χ0n) is 13.7. The van der Waals surface area contributed by atoms with E-state index in [4.69, 9.17) is 14.6 Å². The molecule has 0 aliphatic heterocycles. The summed E-state index contributed by atoms with van der Waals surface area (Å²) in [4.78, 5) is 11.2. The molecule has 2 aromatic rings. The van der Waals surface area contributed by atoms with E-state index in [0.29, 0.717) is 17.2 Å².